The number of aromatic nitrogens is 4. The molecule has 1 aliphatic carbocycles. The minimum Gasteiger partial charge on any atom is -0.309 e. The Morgan fingerprint density at radius 2 is 1.81 bits per heavy atom. The van der Waals surface area contributed by atoms with E-state index < -0.39 is 5.82 Å². The second kappa shape index (κ2) is 10.8. The molecular weight excluding hydrogens is 485 g/mol. The molecule has 37 heavy (non-hydrogen) atoms. The third kappa shape index (κ3) is 5.35. The van der Waals surface area contributed by atoms with E-state index in [1.54, 1.807) is 11.3 Å². The molecule has 0 bridgehead atoms. The Hall–Kier alpha value is -3.01. The van der Waals surface area contributed by atoms with Crippen molar-refractivity contribution in [2.45, 2.75) is 45.1 Å². The monoisotopic (exact) mass is 517 g/mol. The lowest BCUT2D eigenvalue weighted by atomic mass is 9.98. The van der Waals surface area contributed by atoms with Crippen LogP contribution < -0.4 is 5.32 Å². The van der Waals surface area contributed by atoms with Crippen LogP contribution in [0.25, 0.3) is 20.8 Å². The molecule has 1 saturated carbocycles. The van der Waals surface area contributed by atoms with Gasteiger partial charge in [0.15, 0.2) is 5.82 Å². The maximum atomic E-state index is 14.9. The van der Waals surface area contributed by atoms with Crippen LogP contribution in [0.3, 0.4) is 0 Å². The van der Waals surface area contributed by atoms with E-state index in [1.807, 2.05) is 24.5 Å². The summed E-state index contributed by atoms with van der Waals surface area (Å²) < 4.78 is 16.0. The minimum atomic E-state index is -0.439. The van der Waals surface area contributed by atoms with Crippen molar-refractivity contribution < 1.29 is 4.39 Å². The van der Waals surface area contributed by atoms with E-state index in [9.17, 15) is 4.39 Å². The van der Waals surface area contributed by atoms with Crippen molar-refractivity contribution >= 4 is 33.3 Å². The van der Waals surface area contributed by atoms with Crippen LogP contribution in [-0.4, -0.2) is 62.5 Å². The third-order valence-electron chi connectivity index (χ3n) is 7.60. The number of thiophene rings is 1. The molecule has 1 aliphatic heterocycles. The van der Waals surface area contributed by atoms with Gasteiger partial charge in [-0.2, -0.15) is 0 Å². The zero-order valence-corrected chi connectivity index (χ0v) is 22.0. The molecule has 4 aromatic heterocycles. The summed E-state index contributed by atoms with van der Waals surface area (Å²) in [7, 11) is 0. The zero-order valence-electron chi connectivity index (χ0n) is 21.2. The first-order chi connectivity index (χ1) is 18.2. The largest absolute Gasteiger partial charge is 0.309 e. The minimum absolute atomic E-state index is 0.292. The van der Waals surface area contributed by atoms with E-state index in [0.717, 1.165) is 54.4 Å². The normalized spacial score (nSPS) is 17.6. The van der Waals surface area contributed by atoms with Crippen LogP contribution in [0.1, 0.15) is 49.7 Å². The lowest BCUT2D eigenvalue weighted by Crippen LogP contribution is -2.45. The van der Waals surface area contributed by atoms with Crippen molar-refractivity contribution in [3.05, 3.63) is 59.8 Å². The van der Waals surface area contributed by atoms with Gasteiger partial charge in [0.05, 0.1) is 21.3 Å². The SMILES string of the molecule is CCN1CCN(Cc2ccc(Nc3ncc(F)c(-c4cc5nccc(C6CCCC6)c5s4)n3)nc2)CC1. The Balaban J connectivity index is 1.17. The number of pyridine rings is 2. The van der Waals surface area contributed by atoms with Crippen LogP contribution in [0.15, 0.2) is 42.9 Å². The molecule has 9 heteroatoms. The molecule has 2 aliphatic rings. The first kappa shape index (κ1) is 24.3. The average Bonchev–Trinajstić information content (AvgIpc) is 3.62. The lowest BCUT2D eigenvalue weighted by Gasteiger charge is -2.33. The first-order valence-corrected chi connectivity index (χ1v) is 14.1. The predicted octanol–water partition coefficient (Wildman–Crippen LogP) is 5.83. The summed E-state index contributed by atoms with van der Waals surface area (Å²) in [5, 5.41) is 3.14. The molecule has 0 amide bonds. The Morgan fingerprint density at radius 1 is 1.00 bits per heavy atom. The van der Waals surface area contributed by atoms with Gasteiger partial charge in [0.1, 0.15) is 11.5 Å². The molecule has 192 valence electrons. The van der Waals surface area contributed by atoms with Crippen LogP contribution in [-0.2, 0) is 6.54 Å². The van der Waals surface area contributed by atoms with E-state index in [0.29, 0.717) is 23.4 Å². The van der Waals surface area contributed by atoms with Crippen molar-refractivity contribution in [1.82, 2.24) is 29.7 Å². The molecule has 0 spiro atoms. The fourth-order valence-electron chi connectivity index (χ4n) is 5.46. The Morgan fingerprint density at radius 3 is 2.57 bits per heavy atom. The van der Waals surface area contributed by atoms with Crippen molar-refractivity contribution in [3.8, 4) is 10.6 Å². The number of piperazine rings is 1. The van der Waals surface area contributed by atoms with Gasteiger partial charge in [0.25, 0.3) is 0 Å². The van der Waals surface area contributed by atoms with Gasteiger partial charge in [0.2, 0.25) is 5.95 Å². The van der Waals surface area contributed by atoms with Crippen molar-refractivity contribution in [2.75, 3.05) is 38.0 Å². The fourth-order valence-corrected chi connectivity index (χ4v) is 6.66. The summed E-state index contributed by atoms with van der Waals surface area (Å²) in [6.07, 6.45) is 9.95. The molecule has 0 aromatic carbocycles. The summed E-state index contributed by atoms with van der Waals surface area (Å²) in [6.45, 7) is 8.61. The highest BCUT2D eigenvalue weighted by atomic mass is 32.1. The molecule has 2 fully saturated rings. The quantitative estimate of drug-likeness (QED) is 0.331. The Bertz CT molecular complexity index is 1360. The molecular formula is C28H32FN7S. The highest BCUT2D eigenvalue weighted by Crippen LogP contribution is 2.42. The van der Waals surface area contributed by atoms with Crippen LogP contribution in [0.2, 0.25) is 0 Å². The molecule has 0 atom stereocenters. The second-order valence-electron chi connectivity index (χ2n) is 9.98. The molecule has 0 unspecified atom stereocenters. The molecule has 5 heterocycles. The van der Waals surface area contributed by atoms with E-state index >= 15 is 0 Å². The van der Waals surface area contributed by atoms with E-state index in [1.165, 1.54) is 43.0 Å². The van der Waals surface area contributed by atoms with Crippen LogP contribution in [0, 0.1) is 5.82 Å². The number of hydrogen-bond donors (Lipinski definition) is 1. The third-order valence-corrected chi connectivity index (χ3v) is 8.78. The molecule has 4 aromatic rings. The van der Waals surface area contributed by atoms with Crippen molar-refractivity contribution in [1.29, 1.82) is 0 Å². The average molecular weight is 518 g/mol. The number of fused-ring (bicyclic) bond motifs is 1. The number of likely N-dealkylation sites (N-methyl/N-ethyl adjacent to an activating group) is 1. The van der Waals surface area contributed by atoms with Gasteiger partial charge in [-0.3, -0.25) is 9.88 Å². The number of anilines is 2. The zero-order chi connectivity index (χ0) is 25.2. The molecule has 1 saturated heterocycles. The van der Waals surface area contributed by atoms with Crippen molar-refractivity contribution in [2.24, 2.45) is 0 Å². The molecule has 6 rings (SSSR count). The van der Waals surface area contributed by atoms with Crippen LogP contribution in [0.5, 0.6) is 0 Å². The van der Waals surface area contributed by atoms with Gasteiger partial charge in [-0.1, -0.05) is 25.8 Å². The summed E-state index contributed by atoms with van der Waals surface area (Å²) in [5.41, 5.74) is 3.71. The summed E-state index contributed by atoms with van der Waals surface area (Å²) in [4.78, 5) is 23.5. The van der Waals surface area contributed by atoms with Gasteiger partial charge in [-0.15, -0.1) is 11.3 Å². The Kier molecular flexibility index (Phi) is 7.08. The number of halogens is 1. The number of nitrogens with one attached hydrogen (secondary N) is 1. The van der Waals surface area contributed by atoms with Gasteiger partial charge in [-0.05, 0) is 54.6 Å². The van der Waals surface area contributed by atoms with Gasteiger partial charge < -0.3 is 10.2 Å². The first-order valence-electron chi connectivity index (χ1n) is 13.2. The van der Waals surface area contributed by atoms with E-state index in [2.05, 4.69) is 54.1 Å². The predicted molar refractivity (Wildman–Crippen MR) is 147 cm³/mol. The number of rotatable bonds is 7. The van der Waals surface area contributed by atoms with E-state index in [4.69, 9.17) is 0 Å². The topological polar surface area (TPSA) is 70.1 Å². The molecule has 1 N–H and O–H groups in total. The molecule has 7 nitrogen and oxygen atoms in total. The highest BCUT2D eigenvalue weighted by molar-refractivity contribution is 7.22. The van der Waals surface area contributed by atoms with Gasteiger partial charge >= 0.3 is 0 Å². The lowest BCUT2D eigenvalue weighted by molar-refractivity contribution is 0.132. The van der Waals surface area contributed by atoms with Crippen LogP contribution in [0.4, 0.5) is 16.2 Å². The Labute approximate surface area is 220 Å². The highest BCUT2D eigenvalue weighted by Gasteiger charge is 2.22. The van der Waals surface area contributed by atoms with Crippen LogP contribution >= 0.6 is 11.3 Å². The second-order valence-corrected chi connectivity index (χ2v) is 11.0. The van der Waals surface area contributed by atoms with E-state index in [-0.39, 0.29) is 0 Å². The van der Waals surface area contributed by atoms with Crippen molar-refractivity contribution in [3.63, 3.8) is 0 Å². The van der Waals surface area contributed by atoms with Gasteiger partial charge in [-0.25, -0.2) is 19.3 Å². The summed E-state index contributed by atoms with van der Waals surface area (Å²) >= 11 is 1.57. The fraction of sp³-hybridized carbons (Fsp3) is 0.429. The standard InChI is InChI=1S/C28H32FN7S/c1-2-35-11-13-36(14-12-35)18-19-7-8-25(31-16-19)33-28-32-17-22(29)26(34-28)24-15-23-27(37-24)21(9-10-30-23)20-5-3-4-6-20/h7-10,15-17,20H,2-6,11-14,18H2,1H3,(H,31,32,33,34). The summed E-state index contributed by atoms with van der Waals surface area (Å²) in [5.74, 6) is 1.10. The maximum absolute atomic E-state index is 14.9. The smallest absolute Gasteiger partial charge is 0.229 e. The number of hydrogen-bond acceptors (Lipinski definition) is 8. The number of nitrogens with zero attached hydrogens (tertiary/aromatic N) is 6. The molecule has 0 radical (unpaired) electrons. The summed E-state index contributed by atoms with van der Waals surface area (Å²) in [6, 6.07) is 8.08. The maximum Gasteiger partial charge on any atom is 0.229 e. The van der Waals surface area contributed by atoms with Gasteiger partial charge in [0, 0.05) is 45.1 Å².